The average molecular weight is 881 g/mol. The number of aromatic nitrogens is 6. The van der Waals surface area contributed by atoms with E-state index in [9.17, 15) is 0 Å². The third-order valence-electron chi connectivity index (χ3n) is 13.7. The van der Waals surface area contributed by atoms with Crippen molar-refractivity contribution in [2.45, 2.75) is 0 Å². The normalized spacial score (nSPS) is 11.8. The third kappa shape index (κ3) is 6.16. The second-order valence-electron chi connectivity index (χ2n) is 17.6. The van der Waals surface area contributed by atoms with E-state index < -0.39 is 0 Å². The molecule has 0 fully saturated rings. The van der Waals surface area contributed by atoms with Gasteiger partial charge in [0.15, 0.2) is 11.6 Å². The smallest absolute Gasteiger partial charge is 0.238 e. The van der Waals surface area contributed by atoms with Gasteiger partial charge in [0, 0.05) is 54.8 Å². The van der Waals surface area contributed by atoms with Gasteiger partial charge in [-0.25, -0.2) is 4.98 Å². The van der Waals surface area contributed by atoms with E-state index in [0.29, 0.717) is 17.6 Å². The monoisotopic (exact) mass is 880 g/mol. The molecule has 0 saturated heterocycles. The van der Waals surface area contributed by atoms with Crippen LogP contribution in [0.3, 0.4) is 0 Å². The summed E-state index contributed by atoms with van der Waals surface area (Å²) < 4.78 is 7.05. The van der Waals surface area contributed by atoms with Crippen molar-refractivity contribution in [3.8, 4) is 62.4 Å². The minimum Gasteiger partial charge on any atom is -0.309 e. The summed E-state index contributed by atoms with van der Waals surface area (Å²) >= 11 is 0. The summed E-state index contributed by atoms with van der Waals surface area (Å²) in [5.41, 5.74) is 15.2. The Kier molecular flexibility index (Phi) is 8.79. The summed E-state index contributed by atoms with van der Waals surface area (Å²) in [6.07, 6.45) is 0. The molecule has 6 heteroatoms. The van der Waals surface area contributed by atoms with Gasteiger partial charge in [0.05, 0.1) is 33.1 Å². The Morgan fingerprint density at radius 2 is 0.725 bits per heavy atom. The number of hydrogen-bond acceptors (Lipinski definition) is 3. The average Bonchev–Trinajstić information content (AvgIpc) is 4.08. The third-order valence-corrected chi connectivity index (χ3v) is 13.7. The van der Waals surface area contributed by atoms with Crippen LogP contribution in [0, 0.1) is 0 Å². The summed E-state index contributed by atoms with van der Waals surface area (Å²) in [6.45, 7) is 0. The lowest BCUT2D eigenvalue weighted by molar-refractivity contribution is 0.954. The zero-order valence-corrected chi connectivity index (χ0v) is 37.3. The van der Waals surface area contributed by atoms with E-state index in [-0.39, 0.29) is 0 Å². The molecule has 4 aromatic heterocycles. The maximum atomic E-state index is 5.58. The molecule has 0 radical (unpaired) electrons. The molecule has 10 aromatic carbocycles. The highest BCUT2D eigenvalue weighted by atomic mass is 15.2. The van der Waals surface area contributed by atoms with E-state index in [1.165, 1.54) is 16.5 Å². The molecule has 0 aliphatic rings. The zero-order valence-electron chi connectivity index (χ0n) is 37.3. The van der Waals surface area contributed by atoms with Crippen LogP contribution in [-0.4, -0.2) is 28.7 Å². The molecule has 4 heterocycles. The van der Waals surface area contributed by atoms with Crippen LogP contribution < -0.4 is 0 Å². The molecule has 14 rings (SSSR count). The van der Waals surface area contributed by atoms with Gasteiger partial charge in [-0.1, -0.05) is 194 Å². The topological polar surface area (TPSA) is 53.5 Å². The molecule has 0 unspecified atom stereocenters. The molecule has 14 aromatic rings. The second kappa shape index (κ2) is 15.6. The van der Waals surface area contributed by atoms with Gasteiger partial charge < -0.3 is 9.13 Å². The van der Waals surface area contributed by atoms with Crippen LogP contribution in [0.4, 0.5) is 0 Å². The molecular weight excluding hydrogens is 841 g/mol. The number of hydrogen-bond donors (Lipinski definition) is 0. The summed E-state index contributed by atoms with van der Waals surface area (Å²) in [6, 6.07) is 86.2. The first-order valence-corrected chi connectivity index (χ1v) is 23.4. The van der Waals surface area contributed by atoms with Crippen LogP contribution in [0.2, 0.25) is 0 Å². The number of para-hydroxylation sites is 4. The van der Waals surface area contributed by atoms with Crippen LogP contribution >= 0.6 is 0 Å². The lowest BCUT2D eigenvalue weighted by atomic mass is 10.00. The van der Waals surface area contributed by atoms with Gasteiger partial charge in [0.1, 0.15) is 0 Å². The van der Waals surface area contributed by atoms with Crippen molar-refractivity contribution in [1.82, 2.24) is 28.7 Å². The minimum atomic E-state index is 0.547. The number of rotatable bonds is 7. The van der Waals surface area contributed by atoms with Crippen molar-refractivity contribution in [3.05, 3.63) is 243 Å². The zero-order chi connectivity index (χ0) is 45.4. The molecule has 69 heavy (non-hydrogen) atoms. The molecule has 322 valence electrons. The number of fused-ring (bicyclic) bond motifs is 10. The van der Waals surface area contributed by atoms with Gasteiger partial charge in [-0.05, 0) is 70.8 Å². The molecule has 6 nitrogen and oxygen atoms in total. The molecule has 0 aliphatic carbocycles. The predicted molar refractivity (Wildman–Crippen MR) is 285 cm³/mol. The second-order valence-corrected chi connectivity index (χ2v) is 17.6. The van der Waals surface area contributed by atoms with Gasteiger partial charge in [0.25, 0.3) is 0 Å². The highest BCUT2D eigenvalue weighted by molar-refractivity contribution is 6.24. The first kappa shape index (κ1) is 38.8. The highest BCUT2D eigenvalue weighted by Crippen LogP contribution is 2.43. The Balaban J connectivity index is 1.05. The molecular formula is C63H40N6. The van der Waals surface area contributed by atoms with E-state index in [4.69, 9.17) is 15.0 Å². The quantitative estimate of drug-likeness (QED) is 0.160. The van der Waals surface area contributed by atoms with Crippen LogP contribution in [0.5, 0.6) is 0 Å². The van der Waals surface area contributed by atoms with Crippen molar-refractivity contribution in [2.24, 2.45) is 0 Å². The SMILES string of the molecule is c1ccc(-c2ccc(-c3cccc(-n4c5ccccc5c5ccc6c7ccccc7n(-c7nc(-c8ccccc8)nc(-c8cccc9c8c8ccccc8n9-c8ccccc8)n7)c6c54)c3)cc2)cc1. The van der Waals surface area contributed by atoms with Crippen LogP contribution in [-0.2, 0) is 0 Å². The summed E-state index contributed by atoms with van der Waals surface area (Å²) in [5.74, 6) is 1.75. The van der Waals surface area contributed by atoms with Crippen molar-refractivity contribution >= 4 is 65.4 Å². The Hall–Kier alpha value is -9.39. The van der Waals surface area contributed by atoms with Gasteiger partial charge in [-0.3, -0.25) is 4.57 Å². The van der Waals surface area contributed by atoms with E-state index >= 15 is 0 Å². The fourth-order valence-corrected chi connectivity index (χ4v) is 10.6. The van der Waals surface area contributed by atoms with Crippen LogP contribution in [0.1, 0.15) is 0 Å². The largest absolute Gasteiger partial charge is 0.309 e. The molecule has 0 spiro atoms. The van der Waals surface area contributed by atoms with Crippen molar-refractivity contribution in [3.63, 3.8) is 0 Å². The molecule has 0 aliphatic heterocycles. The first-order chi connectivity index (χ1) is 34.2. The van der Waals surface area contributed by atoms with Gasteiger partial charge in [-0.15, -0.1) is 0 Å². The van der Waals surface area contributed by atoms with Crippen LogP contribution in [0.15, 0.2) is 243 Å². The van der Waals surface area contributed by atoms with Crippen molar-refractivity contribution in [1.29, 1.82) is 0 Å². The minimum absolute atomic E-state index is 0.547. The Morgan fingerprint density at radius 3 is 1.41 bits per heavy atom. The lowest BCUT2D eigenvalue weighted by Gasteiger charge is -2.14. The number of nitrogens with zero attached hydrogens (tertiary/aromatic N) is 6. The van der Waals surface area contributed by atoms with Crippen molar-refractivity contribution < 1.29 is 0 Å². The molecule has 0 atom stereocenters. The van der Waals surface area contributed by atoms with Gasteiger partial charge in [-0.2, -0.15) is 9.97 Å². The fourth-order valence-electron chi connectivity index (χ4n) is 10.6. The number of benzene rings is 10. The van der Waals surface area contributed by atoms with Gasteiger partial charge >= 0.3 is 0 Å². The standard InChI is InChI=1S/C63H40N6/c1-4-18-41(19-5-1)42-34-36-43(37-35-42)45-22-16-25-47(40-45)68-54-30-13-10-26-48(54)50-38-39-51-49-27-11-14-31-55(49)69(60(51)59(50)68)63-65-61(44-20-6-2-7-21-44)64-62(66-63)53-29-17-33-57-58(53)52-28-12-15-32-56(52)67(57)46-23-8-3-9-24-46/h1-40H. The Labute approximate surface area is 397 Å². The summed E-state index contributed by atoms with van der Waals surface area (Å²) in [7, 11) is 0. The van der Waals surface area contributed by atoms with E-state index in [1.807, 2.05) is 18.2 Å². The molecule has 0 N–H and O–H groups in total. The maximum absolute atomic E-state index is 5.58. The van der Waals surface area contributed by atoms with Crippen LogP contribution in [0.25, 0.3) is 128 Å². The first-order valence-electron chi connectivity index (χ1n) is 23.4. The molecule has 0 amide bonds. The predicted octanol–water partition coefficient (Wildman–Crippen LogP) is 15.8. The maximum Gasteiger partial charge on any atom is 0.238 e. The Bertz CT molecular complexity index is 4280. The van der Waals surface area contributed by atoms with E-state index in [1.54, 1.807) is 0 Å². The Morgan fingerprint density at radius 1 is 0.261 bits per heavy atom. The summed E-state index contributed by atoms with van der Waals surface area (Å²) in [4.78, 5) is 16.4. The fraction of sp³-hybridized carbons (Fsp3) is 0. The van der Waals surface area contributed by atoms with Gasteiger partial charge in [0.2, 0.25) is 5.95 Å². The molecule has 0 saturated carbocycles. The molecule has 0 bridgehead atoms. The lowest BCUT2D eigenvalue weighted by Crippen LogP contribution is -2.07. The van der Waals surface area contributed by atoms with E-state index in [0.717, 1.165) is 93.7 Å². The van der Waals surface area contributed by atoms with Crippen molar-refractivity contribution in [2.75, 3.05) is 0 Å². The van der Waals surface area contributed by atoms with E-state index in [2.05, 4.69) is 238 Å². The highest BCUT2D eigenvalue weighted by Gasteiger charge is 2.25. The summed E-state index contributed by atoms with van der Waals surface area (Å²) in [5, 5.41) is 6.78.